The van der Waals surface area contributed by atoms with Crippen molar-refractivity contribution in [2.45, 2.75) is 83.6 Å². The third-order valence-electron chi connectivity index (χ3n) is 10.3. The van der Waals surface area contributed by atoms with E-state index in [4.69, 9.17) is 9.47 Å². The molecule has 1 saturated heterocycles. The predicted octanol–water partition coefficient (Wildman–Crippen LogP) is 4.78. The largest absolute Gasteiger partial charge is 0.415 e. The van der Waals surface area contributed by atoms with Gasteiger partial charge in [0.05, 0.1) is 6.61 Å². The monoisotopic (exact) mass is 524 g/mol. The predicted molar refractivity (Wildman–Crippen MR) is 146 cm³/mol. The fourth-order valence-electron chi connectivity index (χ4n) is 7.96. The molecule has 5 rings (SSSR count). The maximum atomic E-state index is 13.1. The van der Waals surface area contributed by atoms with Gasteiger partial charge in [0.15, 0.2) is 0 Å². The summed E-state index contributed by atoms with van der Waals surface area (Å²) in [5.41, 5.74) is 3.78. The molecule has 0 bridgehead atoms. The molecule has 0 radical (unpaired) electrons. The van der Waals surface area contributed by atoms with E-state index >= 15 is 0 Å². The molecule has 4 aliphatic rings. The van der Waals surface area contributed by atoms with Gasteiger partial charge < -0.3 is 24.1 Å². The Labute approximate surface area is 227 Å². The minimum Gasteiger partial charge on any atom is -0.410 e. The number of aldehydes is 1. The number of ketones is 1. The van der Waals surface area contributed by atoms with E-state index in [9.17, 15) is 14.4 Å². The summed E-state index contributed by atoms with van der Waals surface area (Å²) in [6, 6.07) is 4.87. The number of piperidine rings is 1. The van der Waals surface area contributed by atoms with E-state index in [1.54, 1.807) is 0 Å². The Morgan fingerprint density at radius 3 is 2.68 bits per heavy atom. The van der Waals surface area contributed by atoms with Crippen molar-refractivity contribution < 1.29 is 23.9 Å². The highest BCUT2D eigenvalue weighted by Gasteiger charge is 2.54. The summed E-state index contributed by atoms with van der Waals surface area (Å²) in [7, 11) is 2.07. The number of likely N-dealkylation sites (tertiary alicyclic amines) is 1. The lowest BCUT2D eigenvalue weighted by molar-refractivity contribution is -0.129. The maximum absolute atomic E-state index is 13.1. The van der Waals surface area contributed by atoms with Crippen LogP contribution in [0.1, 0.15) is 81.4 Å². The van der Waals surface area contributed by atoms with E-state index in [-0.39, 0.29) is 18.1 Å². The zero-order valence-corrected chi connectivity index (χ0v) is 23.4. The lowest BCUT2D eigenvalue weighted by atomic mass is 9.55. The van der Waals surface area contributed by atoms with Crippen LogP contribution in [-0.4, -0.2) is 73.9 Å². The Morgan fingerprint density at radius 2 is 1.95 bits per heavy atom. The van der Waals surface area contributed by atoms with Crippen LogP contribution in [0, 0.1) is 17.3 Å². The summed E-state index contributed by atoms with van der Waals surface area (Å²) in [4.78, 5) is 40.3. The summed E-state index contributed by atoms with van der Waals surface area (Å²) in [6.45, 7) is 7.17. The van der Waals surface area contributed by atoms with Crippen LogP contribution >= 0.6 is 0 Å². The van der Waals surface area contributed by atoms with Gasteiger partial charge in [-0.15, -0.1) is 0 Å². The molecule has 2 saturated carbocycles. The summed E-state index contributed by atoms with van der Waals surface area (Å²) in [5.74, 6) is 2.86. The molecule has 1 aromatic carbocycles. The van der Waals surface area contributed by atoms with Crippen LogP contribution in [0.4, 0.5) is 4.79 Å². The molecule has 0 spiro atoms. The van der Waals surface area contributed by atoms with Crippen LogP contribution in [-0.2, 0) is 27.2 Å². The molecule has 38 heavy (non-hydrogen) atoms. The first-order valence-electron chi connectivity index (χ1n) is 14.7. The number of amides is 1. The first kappa shape index (κ1) is 27.3. The number of aryl methyl sites for hydroxylation is 2. The van der Waals surface area contributed by atoms with Crippen molar-refractivity contribution in [2.24, 2.45) is 17.3 Å². The average molecular weight is 525 g/mol. The highest BCUT2D eigenvalue weighted by atomic mass is 16.6. The number of Topliss-reactive ketones (excluding diaryl/α,β-unsaturated/α-hetero) is 1. The number of fused-ring (bicyclic) bond motifs is 5. The topological polar surface area (TPSA) is 76.2 Å². The number of carbonyl (C=O) groups is 3. The number of ether oxygens (including phenoxy) is 2. The Morgan fingerprint density at radius 1 is 1.16 bits per heavy atom. The lowest BCUT2D eigenvalue weighted by Crippen LogP contribution is -2.47. The third kappa shape index (κ3) is 5.16. The van der Waals surface area contributed by atoms with Gasteiger partial charge in [-0.1, -0.05) is 19.9 Å². The SMILES string of the molecule is CCc1cc2c(cc1OC(=O)N1CCC(N(C)CCOCC=O)CC1)CCC1C2CCC2(C)C(=O)CCC12. The van der Waals surface area contributed by atoms with E-state index in [2.05, 4.69) is 37.9 Å². The molecular formula is C31H44N2O5. The van der Waals surface area contributed by atoms with Crippen LogP contribution in [0.15, 0.2) is 12.1 Å². The third-order valence-corrected chi connectivity index (χ3v) is 10.3. The van der Waals surface area contributed by atoms with Crippen molar-refractivity contribution in [2.75, 3.05) is 39.9 Å². The number of hydrogen-bond acceptors (Lipinski definition) is 6. The van der Waals surface area contributed by atoms with E-state index < -0.39 is 0 Å². The smallest absolute Gasteiger partial charge is 0.410 e. The second kappa shape index (κ2) is 11.5. The highest BCUT2D eigenvalue weighted by molar-refractivity contribution is 5.87. The fraction of sp³-hybridized carbons (Fsp3) is 0.710. The zero-order valence-electron chi connectivity index (χ0n) is 23.4. The standard InChI is InChI=1S/C31H44N2O5/c1-4-21-19-26-22(5-6-25-24(26)9-12-31(2)27(25)7-8-29(31)35)20-28(21)38-30(36)33-13-10-23(11-14-33)32(3)15-17-37-18-16-34/h16,19-20,23-25,27H,4-15,17-18H2,1-3H3. The summed E-state index contributed by atoms with van der Waals surface area (Å²) < 4.78 is 11.3. The molecular weight excluding hydrogens is 480 g/mol. The molecule has 3 aliphatic carbocycles. The number of rotatable bonds is 8. The molecule has 1 aliphatic heterocycles. The van der Waals surface area contributed by atoms with Gasteiger partial charge in [-0.3, -0.25) is 4.79 Å². The Bertz CT molecular complexity index is 1050. The number of likely N-dealkylation sites (N-methyl/N-ethyl adjacent to an activating group) is 1. The number of hydrogen-bond donors (Lipinski definition) is 0. The van der Waals surface area contributed by atoms with E-state index in [0.29, 0.717) is 49.3 Å². The van der Waals surface area contributed by atoms with Crippen LogP contribution in [0.2, 0.25) is 0 Å². The van der Waals surface area contributed by atoms with Gasteiger partial charge in [0.25, 0.3) is 0 Å². The van der Waals surface area contributed by atoms with Crippen LogP contribution in [0.25, 0.3) is 0 Å². The number of carbonyl (C=O) groups excluding carboxylic acids is 3. The molecule has 0 N–H and O–H groups in total. The van der Waals surface area contributed by atoms with E-state index in [0.717, 1.165) is 81.9 Å². The Kier molecular flexibility index (Phi) is 8.25. The van der Waals surface area contributed by atoms with Crippen molar-refractivity contribution in [1.29, 1.82) is 0 Å². The molecule has 4 unspecified atom stereocenters. The second-order valence-corrected chi connectivity index (χ2v) is 12.2. The fourth-order valence-corrected chi connectivity index (χ4v) is 7.96. The number of benzene rings is 1. The molecule has 4 atom stereocenters. The van der Waals surface area contributed by atoms with Crippen molar-refractivity contribution in [1.82, 2.24) is 9.80 Å². The Balaban J connectivity index is 1.21. The average Bonchev–Trinajstić information content (AvgIpc) is 3.24. The zero-order chi connectivity index (χ0) is 26.9. The van der Waals surface area contributed by atoms with Crippen molar-refractivity contribution >= 4 is 18.2 Å². The highest BCUT2D eigenvalue weighted by Crippen LogP contribution is 2.59. The lowest BCUT2D eigenvalue weighted by Gasteiger charge is -2.48. The second-order valence-electron chi connectivity index (χ2n) is 12.2. The van der Waals surface area contributed by atoms with Gasteiger partial charge in [0.1, 0.15) is 24.4 Å². The number of nitrogens with zero attached hydrogens (tertiary/aromatic N) is 2. The molecule has 7 heteroatoms. The summed E-state index contributed by atoms with van der Waals surface area (Å²) in [6.07, 6.45) is 9.19. The normalized spacial score (nSPS) is 29.1. The van der Waals surface area contributed by atoms with Crippen molar-refractivity contribution in [3.05, 3.63) is 28.8 Å². The summed E-state index contributed by atoms with van der Waals surface area (Å²) >= 11 is 0. The van der Waals surface area contributed by atoms with E-state index in [1.165, 1.54) is 11.1 Å². The molecule has 208 valence electrons. The minimum atomic E-state index is -0.248. The van der Waals surface area contributed by atoms with Gasteiger partial charge in [-0.05, 0) is 98.9 Å². The van der Waals surface area contributed by atoms with Gasteiger partial charge in [-0.2, -0.15) is 0 Å². The van der Waals surface area contributed by atoms with Gasteiger partial charge in [-0.25, -0.2) is 4.79 Å². The maximum Gasteiger partial charge on any atom is 0.415 e. The van der Waals surface area contributed by atoms with Gasteiger partial charge >= 0.3 is 6.09 Å². The molecule has 7 nitrogen and oxygen atoms in total. The molecule has 1 amide bonds. The van der Waals surface area contributed by atoms with Crippen LogP contribution in [0.3, 0.4) is 0 Å². The molecule has 0 aromatic heterocycles. The van der Waals surface area contributed by atoms with Gasteiger partial charge in [0, 0.05) is 37.5 Å². The van der Waals surface area contributed by atoms with Crippen molar-refractivity contribution in [3.63, 3.8) is 0 Å². The first-order valence-corrected chi connectivity index (χ1v) is 14.7. The molecule has 1 heterocycles. The van der Waals surface area contributed by atoms with E-state index in [1.807, 2.05) is 4.90 Å². The molecule has 3 fully saturated rings. The van der Waals surface area contributed by atoms with Crippen LogP contribution < -0.4 is 4.74 Å². The van der Waals surface area contributed by atoms with Crippen molar-refractivity contribution in [3.8, 4) is 5.75 Å². The van der Waals surface area contributed by atoms with Gasteiger partial charge in [0.2, 0.25) is 0 Å². The first-order chi connectivity index (χ1) is 18.4. The Hall–Kier alpha value is -2.25. The van der Waals surface area contributed by atoms with Crippen LogP contribution in [0.5, 0.6) is 5.75 Å². The molecule has 1 aromatic rings. The summed E-state index contributed by atoms with van der Waals surface area (Å²) in [5, 5.41) is 0. The quantitative estimate of drug-likeness (QED) is 0.360. The minimum absolute atomic E-state index is 0.103.